The molecular weight excluding hydrogens is 246 g/mol. The second kappa shape index (κ2) is 6.36. The van der Waals surface area contributed by atoms with Gasteiger partial charge in [-0.1, -0.05) is 13.8 Å². The van der Waals surface area contributed by atoms with Gasteiger partial charge < -0.3 is 15.0 Å². The minimum absolute atomic E-state index is 0.178. The first-order chi connectivity index (χ1) is 8.94. The summed E-state index contributed by atoms with van der Waals surface area (Å²) in [6.07, 6.45) is 4.51. The molecule has 1 rings (SSSR count). The Morgan fingerprint density at radius 1 is 1.53 bits per heavy atom. The van der Waals surface area contributed by atoms with Crippen LogP contribution in [0, 0.1) is 5.41 Å². The maximum absolute atomic E-state index is 12.0. The van der Waals surface area contributed by atoms with Crippen LogP contribution in [-0.2, 0) is 11.3 Å². The van der Waals surface area contributed by atoms with Gasteiger partial charge in [0.25, 0.3) is 5.56 Å². The second-order valence-electron chi connectivity index (χ2n) is 4.85. The molecule has 0 aromatic carbocycles. The third kappa shape index (κ3) is 3.56. The zero-order valence-corrected chi connectivity index (χ0v) is 11.6. The SMILES string of the molecule is CCCn1ccnc(NCC(C)(CC)C(=O)O)c1=O. The van der Waals surface area contributed by atoms with Crippen LogP contribution in [0.4, 0.5) is 5.82 Å². The number of hydrogen-bond acceptors (Lipinski definition) is 4. The third-order valence-corrected chi connectivity index (χ3v) is 3.32. The molecule has 1 unspecified atom stereocenters. The summed E-state index contributed by atoms with van der Waals surface area (Å²) in [6, 6.07) is 0. The molecule has 1 heterocycles. The number of anilines is 1. The van der Waals surface area contributed by atoms with Crippen LogP contribution in [0.1, 0.15) is 33.6 Å². The van der Waals surface area contributed by atoms with Crippen molar-refractivity contribution in [3.63, 3.8) is 0 Å². The van der Waals surface area contributed by atoms with Crippen molar-refractivity contribution in [2.45, 2.75) is 40.2 Å². The summed E-state index contributed by atoms with van der Waals surface area (Å²) in [7, 11) is 0. The number of rotatable bonds is 7. The van der Waals surface area contributed by atoms with E-state index in [1.165, 1.54) is 0 Å². The molecule has 0 radical (unpaired) electrons. The van der Waals surface area contributed by atoms with E-state index in [2.05, 4.69) is 10.3 Å². The topological polar surface area (TPSA) is 84.2 Å². The molecule has 0 fully saturated rings. The standard InChI is InChI=1S/C13H21N3O3/c1-4-7-16-8-6-14-10(11(16)17)15-9-13(3,5-2)12(18)19/h6,8H,4-5,7,9H2,1-3H3,(H,14,15)(H,18,19). The van der Waals surface area contributed by atoms with Gasteiger partial charge in [0.05, 0.1) is 5.41 Å². The van der Waals surface area contributed by atoms with Crippen molar-refractivity contribution in [1.29, 1.82) is 0 Å². The highest BCUT2D eigenvalue weighted by Gasteiger charge is 2.31. The third-order valence-electron chi connectivity index (χ3n) is 3.32. The van der Waals surface area contributed by atoms with E-state index >= 15 is 0 Å². The maximum Gasteiger partial charge on any atom is 0.311 e. The van der Waals surface area contributed by atoms with Gasteiger partial charge in [0.15, 0.2) is 5.82 Å². The molecule has 1 aromatic rings. The largest absolute Gasteiger partial charge is 0.481 e. The average Bonchev–Trinajstić information content (AvgIpc) is 2.39. The number of nitrogens with one attached hydrogen (secondary N) is 1. The van der Waals surface area contributed by atoms with Crippen molar-refractivity contribution in [1.82, 2.24) is 9.55 Å². The molecule has 6 nitrogen and oxygen atoms in total. The summed E-state index contributed by atoms with van der Waals surface area (Å²) in [5.41, 5.74) is -1.12. The quantitative estimate of drug-likeness (QED) is 0.783. The van der Waals surface area contributed by atoms with Crippen LogP contribution in [-0.4, -0.2) is 27.2 Å². The number of carboxylic acid groups (broad SMARTS) is 1. The maximum atomic E-state index is 12.0. The summed E-state index contributed by atoms with van der Waals surface area (Å²) >= 11 is 0. The molecule has 1 aromatic heterocycles. The van der Waals surface area contributed by atoms with Crippen LogP contribution in [0.2, 0.25) is 0 Å². The van der Waals surface area contributed by atoms with Crippen molar-refractivity contribution in [3.05, 3.63) is 22.7 Å². The highest BCUT2D eigenvalue weighted by molar-refractivity contribution is 5.74. The molecule has 2 N–H and O–H groups in total. The van der Waals surface area contributed by atoms with Gasteiger partial charge in [0.1, 0.15) is 0 Å². The fourth-order valence-corrected chi connectivity index (χ4v) is 1.62. The summed E-state index contributed by atoms with van der Waals surface area (Å²) in [6.45, 7) is 6.25. The molecule has 106 valence electrons. The lowest BCUT2D eigenvalue weighted by Crippen LogP contribution is -2.36. The Bertz CT molecular complexity index is 498. The van der Waals surface area contributed by atoms with Crippen LogP contribution < -0.4 is 10.9 Å². The van der Waals surface area contributed by atoms with E-state index in [1.54, 1.807) is 23.9 Å². The van der Waals surface area contributed by atoms with E-state index in [0.29, 0.717) is 13.0 Å². The molecule has 1 atom stereocenters. The fraction of sp³-hybridized carbons (Fsp3) is 0.615. The van der Waals surface area contributed by atoms with E-state index in [9.17, 15) is 14.7 Å². The average molecular weight is 267 g/mol. The number of carboxylic acids is 1. The van der Waals surface area contributed by atoms with Crippen LogP contribution in [0.3, 0.4) is 0 Å². The van der Waals surface area contributed by atoms with Gasteiger partial charge in [-0.25, -0.2) is 4.98 Å². The normalized spacial score (nSPS) is 13.8. The predicted octanol–water partition coefficient (Wildman–Crippen LogP) is 1.57. The lowest BCUT2D eigenvalue weighted by molar-refractivity contribution is -0.147. The number of hydrogen-bond donors (Lipinski definition) is 2. The van der Waals surface area contributed by atoms with Crippen LogP contribution in [0.15, 0.2) is 17.2 Å². The van der Waals surface area contributed by atoms with Gasteiger partial charge in [-0.2, -0.15) is 0 Å². The van der Waals surface area contributed by atoms with Crippen LogP contribution >= 0.6 is 0 Å². The Labute approximate surface area is 112 Å². The van der Waals surface area contributed by atoms with Crippen molar-refractivity contribution in [2.24, 2.45) is 5.41 Å². The zero-order chi connectivity index (χ0) is 14.5. The van der Waals surface area contributed by atoms with Gasteiger partial charge in [0.2, 0.25) is 0 Å². The summed E-state index contributed by atoms with van der Waals surface area (Å²) in [4.78, 5) is 27.2. The lowest BCUT2D eigenvalue weighted by atomic mass is 9.88. The van der Waals surface area contributed by atoms with E-state index in [0.717, 1.165) is 6.42 Å². The number of carbonyl (C=O) groups is 1. The Kier molecular flexibility index (Phi) is 5.09. The molecule has 0 amide bonds. The zero-order valence-electron chi connectivity index (χ0n) is 11.6. The minimum atomic E-state index is -0.903. The highest BCUT2D eigenvalue weighted by atomic mass is 16.4. The smallest absolute Gasteiger partial charge is 0.311 e. The molecule has 19 heavy (non-hydrogen) atoms. The molecule has 6 heteroatoms. The van der Waals surface area contributed by atoms with E-state index in [4.69, 9.17) is 0 Å². The van der Waals surface area contributed by atoms with E-state index in [-0.39, 0.29) is 17.9 Å². The Hall–Kier alpha value is -1.85. The molecule has 0 aliphatic rings. The van der Waals surface area contributed by atoms with Gasteiger partial charge in [-0.05, 0) is 19.8 Å². The summed E-state index contributed by atoms with van der Waals surface area (Å²) in [5.74, 6) is -0.677. The number of aryl methyl sites for hydroxylation is 1. The number of aliphatic carboxylic acids is 1. The summed E-state index contributed by atoms with van der Waals surface area (Å²) in [5, 5.41) is 12.0. The second-order valence-corrected chi connectivity index (χ2v) is 4.85. The van der Waals surface area contributed by atoms with E-state index < -0.39 is 11.4 Å². The van der Waals surface area contributed by atoms with Crippen molar-refractivity contribution in [3.8, 4) is 0 Å². The molecule has 0 aliphatic heterocycles. The van der Waals surface area contributed by atoms with Gasteiger partial charge in [-0.15, -0.1) is 0 Å². The Morgan fingerprint density at radius 3 is 2.74 bits per heavy atom. The number of aromatic nitrogens is 2. The monoisotopic (exact) mass is 267 g/mol. The first kappa shape index (κ1) is 15.2. The number of nitrogens with zero attached hydrogens (tertiary/aromatic N) is 2. The predicted molar refractivity (Wildman–Crippen MR) is 73.3 cm³/mol. The lowest BCUT2D eigenvalue weighted by Gasteiger charge is -2.23. The van der Waals surface area contributed by atoms with Crippen molar-refractivity contribution in [2.75, 3.05) is 11.9 Å². The van der Waals surface area contributed by atoms with Gasteiger partial charge in [0, 0.05) is 25.5 Å². The van der Waals surface area contributed by atoms with Gasteiger partial charge >= 0.3 is 5.97 Å². The Balaban J connectivity index is 2.86. The van der Waals surface area contributed by atoms with Crippen LogP contribution in [0.25, 0.3) is 0 Å². The molecule has 0 spiro atoms. The molecule has 0 aliphatic carbocycles. The highest BCUT2D eigenvalue weighted by Crippen LogP contribution is 2.21. The molecule has 0 saturated carbocycles. The van der Waals surface area contributed by atoms with Crippen molar-refractivity contribution >= 4 is 11.8 Å². The minimum Gasteiger partial charge on any atom is -0.481 e. The molecule has 0 saturated heterocycles. The molecule has 0 bridgehead atoms. The molecular formula is C13H21N3O3. The van der Waals surface area contributed by atoms with Gasteiger partial charge in [-0.3, -0.25) is 9.59 Å². The van der Waals surface area contributed by atoms with E-state index in [1.807, 2.05) is 13.8 Å². The first-order valence-electron chi connectivity index (χ1n) is 6.47. The Morgan fingerprint density at radius 2 is 2.21 bits per heavy atom. The van der Waals surface area contributed by atoms with Crippen LogP contribution in [0.5, 0.6) is 0 Å². The van der Waals surface area contributed by atoms with Crippen molar-refractivity contribution < 1.29 is 9.90 Å². The first-order valence-corrected chi connectivity index (χ1v) is 6.47. The fourth-order valence-electron chi connectivity index (χ4n) is 1.62. The summed E-state index contributed by atoms with van der Waals surface area (Å²) < 4.78 is 1.57.